The lowest BCUT2D eigenvalue weighted by Crippen LogP contribution is -2.45. The van der Waals surface area contributed by atoms with Crippen LogP contribution in [0.25, 0.3) is 0 Å². The summed E-state index contributed by atoms with van der Waals surface area (Å²) in [5, 5.41) is 17.4. The van der Waals surface area contributed by atoms with Gasteiger partial charge in [0.15, 0.2) is 0 Å². The zero-order chi connectivity index (χ0) is 14.5. The summed E-state index contributed by atoms with van der Waals surface area (Å²) in [4.78, 5) is 10.5. The molecule has 0 saturated carbocycles. The van der Waals surface area contributed by atoms with Gasteiger partial charge in [0.25, 0.3) is 10.2 Å². The van der Waals surface area contributed by atoms with Gasteiger partial charge in [0, 0.05) is 32.8 Å². The lowest BCUT2D eigenvalue weighted by atomic mass is 10.1. The van der Waals surface area contributed by atoms with E-state index in [4.69, 9.17) is 10.2 Å². The van der Waals surface area contributed by atoms with Gasteiger partial charge in [-0.15, -0.1) is 0 Å². The normalized spacial score (nSPS) is 21.1. The maximum Gasteiger partial charge on any atom is 0.304 e. The highest BCUT2D eigenvalue weighted by Crippen LogP contribution is 2.25. The van der Waals surface area contributed by atoms with Gasteiger partial charge in [0.05, 0.1) is 6.42 Å². The van der Waals surface area contributed by atoms with Crippen LogP contribution < -0.4 is 0 Å². The minimum absolute atomic E-state index is 0.0269. The Balaban J connectivity index is 2.66. The standard InChI is InChI=1S/C11H22N2O5S/c1-12(8-6-11(15)16)19(17,18)13-7-2-4-10(13)5-3-9-14/h10,14H,2-9H2,1H3,(H,15,16). The minimum Gasteiger partial charge on any atom is -0.481 e. The smallest absolute Gasteiger partial charge is 0.304 e. The van der Waals surface area contributed by atoms with Crippen LogP contribution in [0.15, 0.2) is 0 Å². The quantitative estimate of drug-likeness (QED) is 0.650. The van der Waals surface area contributed by atoms with Crippen LogP contribution in [0.3, 0.4) is 0 Å². The Morgan fingerprint density at radius 2 is 2.16 bits per heavy atom. The number of carboxylic acids is 1. The maximum atomic E-state index is 12.3. The first-order valence-electron chi connectivity index (χ1n) is 6.45. The van der Waals surface area contributed by atoms with Crippen LogP contribution in [0, 0.1) is 0 Å². The second-order valence-electron chi connectivity index (χ2n) is 4.75. The molecule has 0 aliphatic carbocycles. The molecule has 0 aromatic rings. The first-order valence-corrected chi connectivity index (χ1v) is 7.85. The zero-order valence-electron chi connectivity index (χ0n) is 11.2. The average molecular weight is 294 g/mol. The summed E-state index contributed by atoms with van der Waals surface area (Å²) >= 11 is 0. The van der Waals surface area contributed by atoms with Gasteiger partial charge in [-0.25, -0.2) is 0 Å². The van der Waals surface area contributed by atoms with Gasteiger partial charge >= 0.3 is 5.97 Å². The van der Waals surface area contributed by atoms with E-state index in [2.05, 4.69) is 0 Å². The molecule has 1 rings (SSSR count). The molecule has 0 aromatic heterocycles. The Kier molecular flexibility index (Phi) is 6.18. The highest BCUT2D eigenvalue weighted by molar-refractivity contribution is 7.86. The number of hydrogen-bond donors (Lipinski definition) is 2. The molecule has 8 heteroatoms. The fraction of sp³-hybridized carbons (Fsp3) is 0.909. The summed E-state index contributed by atoms with van der Waals surface area (Å²) in [6, 6.07) is -0.0792. The largest absolute Gasteiger partial charge is 0.481 e. The monoisotopic (exact) mass is 294 g/mol. The number of hydrogen-bond acceptors (Lipinski definition) is 4. The molecule has 0 aromatic carbocycles. The number of aliphatic carboxylic acids is 1. The summed E-state index contributed by atoms with van der Waals surface area (Å²) in [7, 11) is -2.19. The Hall–Kier alpha value is -0.700. The van der Waals surface area contributed by atoms with Crippen molar-refractivity contribution < 1.29 is 23.4 Å². The highest BCUT2D eigenvalue weighted by atomic mass is 32.2. The fourth-order valence-corrected chi connectivity index (χ4v) is 3.90. The molecule has 0 spiro atoms. The Bertz CT molecular complexity index is 398. The number of nitrogens with zero attached hydrogens (tertiary/aromatic N) is 2. The van der Waals surface area contributed by atoms with Crippen molar-refractivity contribution in [2.24, 2.45) is 0 Å². The molecule has 1 aliphatic heterocycles. The molecule has 1 aliphatic rings. The molecule has 1 unspecified atom stereocenters. The first kappa shape index (κ1) is 16.4. The topological polar surface area (TPSA) is 98.2 Å². The van der Waals surface area contributed by atoms with Gasteiger partial charge in [-0.05, 0) is 25.7 Å². The molecule has 0 bridgehead atoms. The van der Waals surface area contributed by atoms with E-state index in [1.807, 2.05) is 0 Å². The molecule has 2 N–H and O–H groups in total. The van der Waals surface area contributed by atoms with Gasteiger partial charge in [0.1, 0.15) is 0 Å². The van der Waals surface area contributed by atoms with Crippen molar-refractivity contribution >= 4 is 16.2 Å². The molecular formula is C11H22N2O5S. The van der Waals surface area contributed by atoms with Gasteiger partial charge in [-0.1, -0.05) is 0 Å². The van der Waals surface area contributed by atoms with E-state index in [-0.39, 0.29) is 25.6 Å². The van der Waals surface area contributed by atoms with Gasteiger partial charge < -0.3 is 10.2 Å². The second-order valence-corrected chi connectivity index (χ2v) is 6.73. The van der Waals surface area contributed by atoms with Crippen molar-refractivity contribution in [3.8, 4) is 0 Å². The number of carbonyl (C=O) groups is 1. The molecule has 1 heterocycles. The molecule has 1 fully saturated rings. The summed E-state index contributed by atoms with van der Waals surface area (Å²) < 4.78 is 27.2. The van der Waals surface area contributed by atoms with Crippen LogP contribution in [0.2, 0.25) is 0 Å². The van der Waals surface area contributed by atoms with E-state index in [9.17, 15) is 13.2 Å². The van der Waals surface area contributed by atoms with Crippen molar-refractivity contribution in [1.82, 2.24) is 8.61 Å². The van der Waals surface area contributed by atoms with Crippen molar-refractivity contribution in [1.29, 1.82) is 0 Å². The van der Waals surface area contributed by atoms with E-state index in [0.29, 0.717) is 19.4 Å². The predicted molar refractivity (Wildman–Crippen MR) is 69.9 cm³/mol. The third kappa shape index (κ3) is 4.41. The molecule has 7 nitrogen and oxygen atoms in total. The Morgan fingerprint density at radius 1 is 1.47 bits per heavy atom. The van der Waals surface area contributed by atoms with Crippen LogP contribution in [0.4, 0.5) is 0 Å². The van der Waals surface area contributed by atoms with Crippen molar-refractivity contribution in [3.63, 3.8) is 0 Å². The van der Waals surface area contributed by atoms with Crippen LogP contribution in [-0.2, 0) is 15.0 Å². The van der Waals surface area contributed by atoms with E-state index in [0.717, 1.165) is 17.1 Å². The fourth-order valence-electron chi connectivity index (χ4n) is 2.28. The van der Waals surface area contributed by atoms with Crippen LogP contribution in [-0.4, -0.2) is 66.0 Å². The Morgan fingerprint density at radius 3 is 2.74 bits per heavy atom. The highest BCUT2D eigenvalue weighted by Gasteiger charge is 2.36. The van der Waals surface area contributed by atoms with Crippen molar-refractivity contribution in [2.75, 3.05) is 26.7 Å². The van der Waals surface area contributed by atoms with Gasteiger partial charge in [-0.2, -0.15) is 17.0 Å². The van der Waals surface area contributed by atoms with Gasteiger partial charge in [-0.3, -0.25) is 4.79 Å². The number of aliphatic hydroxyl groups excluding tert-OH is 1. The predicted octanol–water partition coefficient (Wildman–Crippen LogP) is -0.125. The first-order chi connectivity index (χ1) is 8.89. The van der Waals surface area contributed by atoms with E-state index < -0.39 is 16.2 Å². The number of aliphatic hydroxyl groups is 1. The van der Waals surface area contributed by atoms with Crippen LogP contribution in [0.1, 0.15) is 32.1 Å². The van der Waals surface area contributed by atoms with Crippen molar-refractivity contribution in [3.05, 3.63) is 0 Å². The van der Waals surface area contributed by atoms with Crippen molar-refractivity contribution in [2.45, 2.75) is 38.1 Å². The Labute approximate surface area is 114 Å². The summed E-state index contributed by atoms with van der Waals surface area (Å²) in [6.07, 6.45) is 2.62. The van der Waals surface area contributed by atoms with E-state index in [1.54, 1.807) is 0 Å². The molecule has 112 valence electrons. The molecule has 1 saturated heterocycles. The number of carboxylic acid groups (broad SMARTS) is 1. The molecule has 0 radical (unpaired) electrons. The van der Waals surface area contributed by atoms with Gasteiger partial charge in [0.2, 0.25) is 0 Å². The van der Waals surface area contributed by atoms with Crippen LogP contribution >= 0.6 is 0 Å². The maximum absolute atomic E-state index is 12.3. The second kappa shape index (κ2) is 7.18. The molecule has 0 amide bonds. The molecular weight excluding hydrogens is 272 g/mol. The molecule has 19 heavy (non-hydrogen) atoms. The van der Waals surface area contributed by atoms with Crippen LogP contribution in [0.5, 0.6) is 0 Å². The van der Waals surface area contributed by atoms with E-state index >= 15 is 0 Å². The third-order valence-electron chi connectivity index (χ3n) is 3.35. The number of rotatable bonds is 8. The summed E-state index contributed by atoms with van der Waals surface area (Å²) in [5.41, 5.74) is 0. The lowest BCUT2D eigenvalue weighted by molar-refractivity contribution is -0.137. The molecule has 1 atom stereocenters. The summed E-state index contributed by atoms with van der Waals surface area (Å²) in [6.45, 7) is 0.496. The SMILES string of the molecule is CN(CCC(=O)O)S(=O)(=O)N1CCCC1CCCO. The third-order valence-corrected chi connectivity index (χ3v) is 5.39. The lowest BCUT2D eigenvalue weighted by Gasteiger charge is -2.28. The zero-order valence-corrected chi connectivity index (χ0v) is 12.0. The summed E-state index contributed by atoms with van der Waals surface area (Å²) in [5.74, 6) is -1.01. The van der Waals surface area contributed by atoms with E-state index in [1.165, 1.54) is 11.4 Å². The minimum atomic E-state index is -3.59. The average Bonchev–Trinajstić information content (AvgIpc) is 2.82.